The number of thiophene rings is 2. The second-order valence-electron chi connectivity index (χ2n) is 7.37. The van der Waals surface area contributed by atoms with Crippen LogP contribution in [-0.4, -0.2) is 68.8 Å². The van der Waals surface area contributed by atoms with Crippen molar-refractivity contribution in [3.63, 3.8) is 0 Å². The molecule has 0 aliphatic carbocycles. The number of piperazine rings is 1. The number of carbonyl (C=O) groups excluding carboxylic acids is 1. The van der Waals surface area contributed by atoms with E-state index in [0.29, 0.717) is 30.5 Å². The molecule has 1 amide bonds. The number of aromatic nitrogens is 4. The van der Waals surface area contributed by atoms with Crippen molar-refractivity contribution in [3.8, 4) is 21.3 Å². The molecule has 4 aromatic rings. The molecule has 1 aliphatic rings. The molecular weight excluding hydrogens is 432 g/mol. The summed E-state index contributed by atoms with van der Waals surface area (Å²) in [5, 5.41) is 15.3. The van der Waals surface area contributed by atoms with Gasteiger partial charge in [-0.25, -0.2) is 0 Å². The Morgan fingerprint density at radius 2 is 1.87 bits per heavy atom. The Morgan fingerprint density at radius 3 is 2.61 bits per heavy atom. The number of carbonyl (C=O) groups is 1. The number of rotatable bonds is 7. The molecule has 160 valence electrons. The zero-order chi connectivity index (χ0) is 21.0. The highest BCUT2D eigenvalue weighted by molar-refractivity contribution is 7.13. The molecule has 0 spiro atoms. The topological polar surface area (TPSA) is 91.2 Å². The lowest BCUT2D eigenvalue weighted by molar-refractivity contribution is 0.0630. The van der Waals surface area contributed by atoms with Crippen molar-refractivity contribution in [1.82, 2.24) is 30.1 Å². The summed E-state index contributed by atoms with van der Waals surface area (Å²) in [6, 6.07) is 9.82. The highest BCUT2D eigenvalue weighted by Crippen LogP contribution is 2.24. The van der Waals surface area contributed by atoms with E-state index in [1.54, 1.807) is 22.7 Å². The van der Waals surface area contributed by atoms with Gasteiger partial charge in [0.1, 0.15) is 0 Å². The van der Waals surface area contributed by atoms with Crippen LogP contribution in [0.15, 0.2) is 45.6 Å². The van der Waals surface area contributed by atoms with Crippen LogP contribution in [0.1, 0.15) is 22.8 Å². The Hall–Kier alpha value is -2.82. The van der Waals surface area contributed by atoms with E-state index >= 15 is 0 Å². The Balaban J connectivity index is 1.07. The fourth-order valence-electron chi connectivity index (χ4n) is 3.64. The van der Waals surface area contributed by atoms with E-state index in [9.17, 15) is 4.79 Å². The molecule has 1 saturated heterocycles. The van der Waals surface area contributed by atoms with Crippen LogP contribution in [-0.2, 0) is 6.42 Å². The van der Waals surface area contributed by atoms with Gasteiger partial charge < -0.3 is 9.42 Å². The van der Waals surface area contributed by atoms with Crippen LogP contribution >= 0.6 is 22.7 Å². The second kappa shape index (κ2) is 9.13. The second-order valence-corrected chi connectivity index (χ2v) is 9.27. The first-order valence-electron chi connectivity index (χ1n) is 10.2. The maximum Gasteiger partial charge on any atom is 0.274 e. The lowest BCUT2D eigenvalue weighted by Crippen LogP contribution is -2.49. The minimum absolute atomic E-state index is 0.00864. The van der Waals surface area contributed by atoms with Crippen LogP contribution in [0.2, 0.25) is 0 Å². The molecule has 1 N–H and O–H groups in total. The monoisotopic (exact) mass is 454 g/mol. The van der Waals surface area contributed by atoms with E-state index in [0.717, 1.165) is 47.9 Å². The first-order valence-corrected chi connectivity index (χ1v) is 12.0. The Labute approximate surface area is 187 Å². The van der Waals surface area contributed by atoms with Crippen molar-refractivity contribution in [1.29, 1.82) is 0 Å². The number of nitrogens with one attached hydrogen (secondary N) is 1. The molecular formula is C21H22N6O2S2. The Kier molecular flexibility index (Phi) is 5.92. The number of hydrogen-bond donors (Lipinski definition) is 1. The van der Waals surface area contributed by atoms with Crippen LogP contribution in [0.3, 0.4) is 0 Å². The average Bonchev–Trinajstić information content (AvgIpc) is 3.60. The fraction of sp³-hybridized carbons (Fsp3) is 0.333. The van der Waals surface area contributed by atoms with E-state index in [4.69, 9.17) is 4.52 Å². The van der Waals surface area contributed by atoms with Crippen LogP contribution in [0, 0.1) is 0 Å². The molecule has 0 aromatic carbocycles. The molecule has 4 aromatic heterocycles. The van der Waals surface area contributed by atoms with Crippen LogP contribution in [0.25, 0.3) is 21.3 Å². The van der Waals surface area contributed by atoms with E-state index in [1.807, 2.05) is 46.0 Å². The molecule has 5 rings (SSSR count). The van der Waals surface area contributed by atoms with Gasteiger partial charge in [0, 0.05) is 32.6 Å². The molecule has 0 bridgehead atoms. The Bertz CT molecular complexity index is 1110. The molecule has 10 heteroatoms. The normalized spacial score (nSPS) is 14.9. The largest absolute Gasteiger partial charge is 0.339 e. The number of nitrogens with zero attached hydrogens (tertiary/aromatic N) is 5. The van der Waals surface area contributed by atoms with Crippen LogP contribution < -0.4 is 0 Å². The van der Waals surface area contributed by atoms with Gasteiger partial charge >= 0.3 is 0 Å². The van der Waals surface area contributed by atoms with Crippen molar-refractivity contribution in [2.45, 2.75) is 12.8 Å². The lowest BCUT2D eigenvalue weighted by atomic mass is 10.2. The summed E-state index contributed by atoms with van der Waals surface area (Å²) in [7, 11) is 0. The third-order valence-electron chi connectivity index (χ3n) is 5.32. The molecule has 0 unspecified atom stereocenters. The summed E-state index contributed by atoms with van der Waals surface area (Å²) in [6.07, 6.45) is 1.71. The summed E-state index contributed by atoms with van der Waals surface area (Å²) in [4.78, 5) is 23.6. The van der Waals surface area contributed by atoms with Gasteiger partial charge in [-0.15, -0.1) is 22.7 Å². The van der Waals surface area contributed by atoms with Crippen molar-refractivity contribution in [2.24, 2.45) is 0 Å². The van der Waals surface area contributed by atoms with Gasteiger partial charge in [0.25, 0.3) is 5.91 Å². The van der Waals surface area contributed by atoms with Crippen molar-refractivity contribution in [3.05, 3.63) is 52.7 Å². The predicted molar refractivity (Wildman–Crippen MR) is 120 cm³/mol. The number of amides is 1. The number of hydrogen-bond acceptors (Lipinski definition) is 8. The van der Waals surface area contributed by atoms with Gasteiger partial charge in [-0.2, -0.15) is 10.1 Å². The van der Waals surface area contributed by atoms with Gasteiger partial charge in [0.05, 0.1) is 15.4 Å². The van der Waals surface area contributed by atoms with Crippen molar-refractivity contribution < 1.29 is 9.32 Å². The summed E-state index contributed by atoms with van der Waals surface area (Å²) < 4.78 is 5.37. The molecule has 0 atom stereocenters. The molecule has 5 heterocycles. The van der Waals surface area contributed by atoms with Gasteiger partial charge in [0.15, 0.2) is 5.69 Å². The van der Waals surface area contributed by atoms with Gasteiger partial charge in [-0.3, -0.25) is 14.8 Å². The van der Waals surface area contributed by atoms with Crippen LogP contribution in [0.4, 0.5) is 0 Å². The first kappa shape index (κ1) is 20.1. The third kappa shape index (κ3) is 4.60. The molecule has 1 aliphatic heterocycles. The van der Waals surface area contributed by atoms with E-state index in [-0.39, 0.29) is 5.91 Å². The third-order valence-corrected chi connectivity index (χ3v) is 7.09. The molecule has 0 saturated carbocycles. The van der Waals surface area contributed by atoms with Gasteiger partial charge in [0.2, 0.25) is 11.7 Å². The minimum atomic E-state index is -0.00864. The smallest absolute Gasteiger partial charge is 0.274 e. The Morgan fingerprint density at radius 1 is 1.10 bits per heavy atom. The minimum Gasteiger partial charge on any atom is -0.339 e. The zero-order valence-corrected chi connectivity index (χ0v) is 18.5. The standard InChI is InChI=1S/C21H22N6O2S2/c28-21(16-14-15(23-24-16)17-4-2-12-30-17)27-10-8-26(9-11-27)7-1-6-19-22-20(25-29-19)18-5-3-13-31-18/h2-5,12-14H,1,6-11H2,(H,23,24). The fourth-order valence-corrected chi connectivity index (χ4v) is 4.98. The van der Waals surface area contributed by atoms with E-state index in [2.05, 4.69) is 25.2 Å². The average molecular weight is 455 g/mol. The summed E-state index contributed by atoms with van der Waals surface area (Å²) in [6.45, 7) is 4.09. The lowest BCUT2D eigenvalue weighted by Gasteiger charge is -2.34. The van der Waals surface area contributed by atoms with E-state index < -0.39 is 0 Å². The SMILES string of the molecule is O=C(c1cc(-c2cccs2)[nH]n1)N1CCN(CCCc2nc(-c3cccs3)no2)CC1. The maximum absolute atomic E-state index is 12.8. The van der Waals surface area contributed by atoms with E-state index in [1.165, 1.54) is 0 Å². The van der Waals surface area contributed by atoms with Crippen molar-refractivity contribution >= 4 is 28.6 Å². The predicted octanol–water partition coefficient (Wildman–Crippen LogP) is 3.64. The number of aryl methyl sites for hydroxylation is 1. The molecule has 8 nitrogen and oxygen atoms in total. The van der Waals surface area contributed by atoms with Gasteiger partial charge in [-0.1, -0.05) is 17.3 Å². The molecule has 31 heavy (non-hydrogen) atoms. The van der Waals surface area contributed by atoms with Crippen molar-refractivity contribution in [2.75, 3.05) is 32.7 Å². The maximum atomic E-state index is 12.8. The zero-order valence-electron chi connectivity index (χ0n) is 16.9. The number of aromatic amines is 1. The highest BCUT2D eigenvalue weighted by atomic mass is 32.1. The molecule has 1 fully saturated rings. The summed E-state index contributed by atoms with van der Waals surface area (Å²) >= 11 is 3.23. The first-order chi connectivity index (χ1) is 15.3. The molecule has 0 radical (unpaired) electrons. The van der Waals surface area contributed by atoms with Crippen LogP contribution in [0.5, 0.6) is 0 Å². The quantitative estimate of drug-likeness (QED) is 0.458. The summed E-state index contributed by atoms with van der Waals surface area (Å²) in [5.74, 6) is 1.33. The van der Waals surface area contributed by atoms with Gasteiger partial charge in [-0.05, 0) is 41.9 Å². The number of H-pyrrole nitrogens is 1. The highest BCUT2D eigenvalue weighted by Gasteiger charge is 2.24. The summed E-state index contributed by atoms with van der Waals surface area (Å²) in [5.41, 5.74) is 1.37.